The summed E-state index contributed by atoms with van der Waals surface area (Å²) in [5, 5.41) is 6.06. The number of benzene rings is 1. The number of aryl methyl sites for hydroxylation is 1. The molecule has 3 aromatic rings. The Balaban J connectivity index is 1.44. The van der Waals surface area contributed by atoms with Gasteiger partial charge >= 0.3 is 0 Å². The van der Waals surface area contributed by atoms with Crippen molar-refractivity contribution in [3.63, 3.8) is 0 Å². The summed E-state index contributed by atoms with van der Waals surface area (Å²) in [7, 11) is 0. The van der Waals surface area contributed by atoms with Crippen molar-refractivity contribution in [3.8, 4) is 11.4 Å². The van der Waals surface area contributed by atoms with E-state index in [4.69, 9.17) is 4.98 Å². The van der Waals surface area contributed by atoms with Crippen molar-refractivity contribution >= 4 is 5.91 Å². The molecule has 5 rings (SSSR count). The van der Waals surface area contributed by atoms with E-state index in [1.165, 1.54) is 0 Å². The minimum Gasteiger partial charge on any atom is -0.336 e. The highest BCUT2D eigenvalue weighted by atomic mass is 19.3. The molecule has 1 aromatic carbocycles. The van der Waals surface area contributed by atoms with Crippen LogP contribution in [0.25, 0.3) is 11.4 Å². The highest BCUT2D eigenvalue weighted by Crippen LogP contribution is 2.44. The van der Waals surface area contributed by atoms with Gasteiger partial charge < -0.3 is 4.90 Å². The van der Waals surface area contributed by atoms with Gasteiger partial charge in [-0.15, -0.1) is 0 Å². The van der Waals surface area contributed by atoms with Gasteiger partial charge in [-0.2, -0.15) is 5.10 Å². The molecule has 3 heterocycles. The second-order valence-electron chi connectivity index (χ2n) is 8.05. The highest BCUT2D eigenvalue weighted by Gasteiger charge is 2.45. The number of H-pyrrole nitrogens is 1. The Morgan fingerprint density at radius 1 is 1.20 bits per heavy atom. The van der Waals surface area contributed by atoms with Gasteiger partial charge in [0.1, 0.15) is 5.69 Å². The molecule has 2 aliphatic rings. The molecular formula is C22H21F2N5O. The van der Waals surface area contributed by atoms with E-state index in [9.17, 15) is 13.6 Å². The lowest BCUT2D eigenvalue weighted by Crippen LogP contribution is -2.48. The molecule has 1 spiro atoms. The Kier molecular flexibility index (Phi) is 4.56. The van der Waals surface area contributed by atoms with Crippen LogP contribution >= 0.6 is 0 Å². The van der Waals surface area contributed by atoms with Crippen LogP contribution in [-0.4, -0.2) is 44.1 Å². The fourth-order valence-corrected chi connectivity index (χ4v) is 4.69. The zero-order chi connectivity index (χ0) is 20.7. The van der Waals surface area contributed by atoms with E-state index in [0.29, 0.717) is 18.9 Å². The van der Waals surface area contributed by atoms with E-state index < -0.39 is 6.43 Å². The quantitative estimate of drug-likeness (QED) is 0.711. The summed E-state index contributed by atoms with van der Waals surface area (Å²) in [6.07, 6.45) is 2.79. The Labute approximate surface area is 172 Å². The van der Waals surface area contributed by atoms with Gasteiger partial charge in [-0.1, -0.05) is 30.3 Å². The van der Waals surface area contributed by atoms with Gasteiger partial charge in [0.05, 0.1) is 5.69 Å². The fraction of sp³-hybridized carbons (Fsp3) is 0.364. The van der Waals surface area contributed by atoms with Crippen LogP contribution in [0.15, 0.2) is 42.6 Å². The number of piperidine rings is 1. The first kappa shape index (κ1) is 18.8. The van der Waals surface area contributed by atoms with E-state index in [1.807, 2.05) is 36.5 Å². The van der Waals surface area contributed by atoms with Crippen molar-refractivity contribution in [3.05, 3.63) is 65.2 Å². The smallest absolute Gasteiger partial charge is 0.279 e. The molecule has 1 aliphatic heterocycles. The number of aromatic amines is 1. The molecule has 1 amide bonds. The predicted octanol–water partition coefficient (Wildman–Crippen LogP) is 3.92. The minimum absolute atomic E-state index is 0.0354. The number of likely N-dealkylation sites (tertiary alicyclic amines) is 1. The van der Waals surface area contributed by atoms with E-state index >= 15 is 0 Å². The molecule has 2 aromatic heterocycles. The molecule has 154 valence electrons. The summed E-state index contributed by atoms with van der Waals surface area (Å²) >= 11 is 0. The van der Waals surface area contributed by atoms with E-state index in [1.54, 1.807) is 4.90 Å². The third kappa shape index (κ3) is 3.16. The molecule has 1 atom stereocenters. The summed E-state index contributed by atoms with van der Waals surface area (Å²) in [4.78, 5) is 24.1. The first-order valence-electron chi connectivity index (χ1n) is 10.1. The molecule has 30 heavy (non-hydrogen) atoms. The number of halogens is 2. The van der Waals surface area contributed by atoms with Crippen LogP contribution in [0.3, 0.4) is 0 Å². The summed E-state index contributed by atoms with van der Waals surface area (Å²) in [5.41, 5.74) is 2.58. The average molecular weight is 409 g/mol. The first-order valence-corrected chi connectivity index (χ1v) is 10.1. The van der Waals surface area contributed by atoms with Crippen molar-refractivity contribution in [2.75, 3.05) is 13.1 Å². The highest BCUT2D eigenvalue weighted by molar-refractivity contribution is 5.92. The van der Waals surface area contributed by atoms with Crippen molar-refractivity contribution in [1.82, 2.24) is 25.1 Å². The maximum atomic E-state index is 12.9. The van der Waals surface area contributed by atoms with Gasteiger partial charge in [0.15, 0.2) is 11.5 Å². The number of alkyl halides is 2. The second kappa shape index (κ2) is 7.27. The molecular weight excluding hydrogens is 388 g/mol. The van der Waals surface area contributed by atoms with Gasteiger partial charge in [0, 0.05) is 30.3 Å². The number of aromatic nitrogens is 4. The zero-order valence-electron chi connectivity index (χ0n) is 16.3. The average Bonchev–Trinajstić information content (AvgIpc) is 3.40. The zero-order valence-corrected chi connectivity index (χ0v) is 16.3. The molecule has 1 saturated heterocycles. The predicted molar refractivity (Wildman–Crippen MR) is 106 cm³/mol. The summed E-state index contributed by atoms with van der Waals surface area (Å²) in [6.45, 7) is 1.10. The molecule has 1 unspecified atom stereocenters. The fourth-order valence-electron chi connectivity index (χ4n) is 4.69. The largest absolute Gasteiger partial charge is 0.336 e. The van der Waals surface area contributed by atoms with Crippen LogP contribution in [0.1, 0.15) is 53.1 Å². The minimum atomic E-state index is -2.68. The Bertz CT molecular complexity index is 1080. The molecule has 8 heteroatoms. The first-order chi connectivity index (χ1) is 14.6. The third-order valence-corrected chi connectivity index (χ3v) is 6.19. The number of amides is 1. The molecule has 1 aliphatic carbocycles. The van der Waals surface area contributed by atoms with Crippen molar-refractivity contribution in [2.45, 2.75) is 37.5 Å². The van der Waals surface area contributed by atoms with E-state index in [-0.39, 0.29) is 22.7 Å². The van der Waals surface area contributed by atoms with Gasteiger partial charge in [-0.05, 0) is 37.3 Å². The van der Waals surface area contributed by atoms with Crippen LogP contribution in [0.2, 0.25) is 0 Å². The standard InChI is InChI=1S/C22H21F2N5O/c23-19(24)16-11-17(28-27-16)21(30)29-10-4-8-22(13-29)9-7-15-12-25-20(26-18(15)22)14-5-2-1-3-6-14/h1-3,5-6,11-12,19H,4,7-10,13H2,(H,27,28). The van der Waals surface area contributed by atoms with Crippen molar-refractivity contribution in [1.29, 1.82) is 0 Å². The number of hydrogen-bond acceptors (Lipinski definition) is 4. The number of nitrogens with zero attached hydrogens (tertiary/aromatic N) is 4. The lowest BCUT2D eigenvalue weighted by atomic mass is 9.77. The molecule has 0 bridgehead atoms. The second-order valence-corrected chi connectivity index (χ2v) is 8.05. The molecule has 0 saturated carbocycles. The Hall–Kier alpha value is -3.16. The maximum Gasteiger partial charge on any atom is 0.279 e. The van der Waals surface area contributed by atoms with Crippen LogP contribution in [0.4, 0.5) is 8.78 Å². The number of nitrogens with one attached hydrogen (secondary N) is 1. The molecule has 6 nitrogen and oxygen atoms in total. The third-order valence-electron chi connectivity index (χ3n) is 6.19. The van der Waals surface area contributed by atoms with Crippen LogP contribution in [0, 0.1) is 0 Å². The normalized spacial score (nSPS) is 20.7. The van der Waals surface area contributed by atoms with Crippen LogP contribution in [0.5, 0.6) is 0 Å². The topological polar surface area (TPSA) is 74.8 Å². The SMILES string of the molecule is O=C(c1cc(C(F)F)[nH]n1)N1CCCC2(CCc3cnc(-c4ccccc4)nc32)C1. The van der Waals surface area contributed by atoms with Crippen molar-refractivity contribution in [2.24, 2.45) is 0 Å². The Morgan fingerprint density at radius 2 is 2.03 bits per heavy atom. The van der Waals surface area contributed by atoms with E-state index in [0.717, 1.165) is 48.6 Å². The Morgan fingerprint density at radius 3 is 2.80 bits per heavy atom. The number of fused-ring (bicyclic) bond motifs is 2. The molecule has 1 fully saturated rings. The molecule has 0 radical (unpaired) electrons. The summed E-state index contributed by atoms with van der Waals surface area (Å²) in [5.74, 6) is 0.371. The molecule has 1 N–H and O–H groups in total. The number of rotatable bonds is 3. The van der Waals surface area contributed by atoms with Gasteiger partial charge in [0.25, 0.3) is 12.3 Å². The number of carbonyl (C=O) groups excluding carboxylic acids is 1. The van der Waals surface area contributed by atoms with E-state index in [2.05, 4.69) is 15.2 Å². The number of hydrogen-bond donors (Lipinski definition) is 1. The van der Waals surface area contributed by atoms with Gasteiger partial charge in [-0.25, -0.2) is 18.7 Å². The monoisotopic (exact) mass is 409 g/mol. The summed E-state index contributed by atoms with van der Waals surface area (Å²) in [6, 6.07) is 11.0. The van der Waals surface area contributed by atoms with Crippen LogP contribution < -0.4 is 0 Å². The van der Waals surface area contributed by atoms with Gasteiger partial charge in [0.2, 0.25) is 0 Å². The lowest BCUT2D eigenvalue weighted by Gasteiger charge is -2.40. The lowest BCUT2D eigenvalue weighted by molar-refractivity contribution is 0.0627. The maximum absolute atomic E-state index is 12.9. The van der Waals surface area contributed by atoms with Crippen LogP contribution in [-0.2, 0) is 11.8 Å². The van der Waals surface area contributed by atoms with Gasteiger partial charge in [-0.3, -0.25) is 9.89 Å². The summed E-state index contributed by atoms with van der Waals surface area (Å²) < 4.78 is 25.7. The van der Waals surface area contributed by atoms with Crippen molar-refractivity contribution < 1.29 is 13.6 Å². The number of carbonyl (C=O) groups is 1.